The monoisotopic (exact) mass is 321 g/mol. The molecule has 90 valence electrons. The maximum absolute atomic E-state index is 9.27. The summed E-state index contributed by atoms with van der Waals surface area (Å²) in [6.07, 6.45) is -0.675. The SMILES string of the molecule is OC(CCl)CNc1cc(Cl)c(Cl)c(Cl)c1Cl. The average Bonchev–Trinajstić information content (AvgIpc) is 2.28. The zero-order chi connectivity index (χ0) is 12.3. The average molecular weight is 323 g/mol. The van der Waals surface area contributed by atoms with Crippen molar-refractivity contribution in [2.75, 3.05) is 17.7 Å². The van der Waals surface area contributed by atoms with Crippen LogP contribution in [0.4, 0.5) is 5.69 Å². The number of aliphatic hydroxyl groups excluding tert-OH is 1. The maximum atomic E-state index is 9.27. The first-order valence-corrected chi connectivity index (χ1v) is 6.33. The highest BCUT2D eigenvalue weighted by atomic mass is 35.5. The fraction of sp³-hybridized carbons (Fsp3) is 0.333. The predicted octanol–water partition coefficient (Wildman–Crippen LogP) is 4.31. The van der Waals surface area contributed by atoms with Crippen molar-refractivity contribution in [1.29, 1.82) is 0 Å². The summed E-state index contributed by atoms with van der Waals surface area (Å²) in [6.45, 7) is 0.248. The molecule has 1 unspecified atom stereocenters. The normalized spacial score (nSPS) is 12.6. The Labute approximate surface area is 118 Å². The number of rotatable bonds is 4. The van der Waals surface area contributed by atoms with E-state index in [-0.39, 0.29) is 27.5 Å². The Hall–Kier alpha value is 0.430. The Morgan fingerprint density at radius 3 is 2.31 bits per heavy atom. The van der Waals surface area contributed by atoms with Gasteiger partial charge >= 0.3 is 0 Å². The second-order valence-corrected chi connectivity index (χ2v) is 4.89. The Bertz CT molecular complexity index is 385. The number of nitrogens with one attached hydrogen (secondary N) is 1. The Balaban J connectivity index is 2.89. The van der Waals surface area contributed by atoms with Crippen LogP contribution in [0.5, 0.6) is 0 Å². The second kappa shape index (κ2) is 6.39. The third kappa shape index (κ3) is 3.46. The van der Waals surface area contributed by atoms with Crippen LogP contribution in [0.2, 0.25) is 20.1 Å². The van der Waals surface area contributed by atoms with E-state index in [0.29, 0.717) is 10.7 Å². The molecule has 2 N–H and O–H groups in total. The highest BCUT2D eigenvalue weighted by Crippen LogP contribution is 2.40. The molecule has 1 aromatic rings. The minimum atomic E-state index is -0.675. The molecule has 0 saturated heterocycles. The molecular weight excluding hydrogens is 315 g/mol. The maximum Gasteiger partial charge on any atom is 0.0847 e. The molecule has 0 saturated carbocycles. The van der Waals surface area contributed by atoms with Gasteiger partial charge in [-0.15, -0.1) is 11.6 Å². The smallest absolute Gasteiger partial charge is 0.0847 e. The number of benzene rings is 1. The largest absolute Gasteiger partial charge is 0.390 e. The second-order valence-electron chi connectivity index (χ2n) is 3.04. The van der Waals surface area contributed by atoms with Crippen molar-refractivity contribution in [3.63, 3.8) is 0 Å². The molecule has 0 amide bonds. The molecule has 0 aliphatic rings. The standard InChI is InChI=1S/C9H8Cl5NO/c10-2-4(16)3-15-6-1-5(11)7(12)9(14)8(6)13/h1,4,15-16H,2-3H2. The van der Waals surface area contributed by atoms with Gasteiger partial charge in [0.2, 0.25) is 0 Å². The van der Waals surface area contributed by atoms with Crippen molar-refractivity contribution < 1.29 is 5.11 Å². The number of anilines is 1. The van der Waals surface area contributed by atoms with Crippen LogP contribution in [0.3, 0.4) is 0 Å². The third-order valence-electron chi connectivity index (χ3n) is 1.81. The minimum Gasteiger partial charge on any atom is -0.390 e. The van der Waals surface area contributed by atoms with Gasteiger partial charge in [0, 0.05) is 6.54 Å². The van der Waals surface area contributed by atoms with Gasteiger partial charge in [0.25, 0.3) is 0 Å². The van der Waals surface area contributed by atoms with Crippen LogP contribution in [0.15, 0.2) is 6.07 Å². The molecule has 2 nitrogen and oxygen atoms in total. The van der Waals surface area contributed by atoms with Crippen molar-refractivity contribution >= 4 is 63.7 Å². The van der Waals surface area contributed by atoms with Gasteiger partial charge in [-0.25, -0.2) is 0 Å². The number of aliphatic hydroxyl groups is 1. The van der Waals surface area contributed by atoms with Crippen LogP contribution in [-0.2, 0) is 0 Å². The lowest BCUT2D eigenvalue weighted by Gasteiger charge is -2.13. The van der Waals surface area contributed by atoms with Gasteiger partial charge in [-0.2, -0.15) is 0 Å². The van der Waals surface area contributed by atoms with Crippen molar-refractivity contribution in [2.24, 2.45) is 0 Å². The van der Waals surface area contributed by atoms with E-state index in [9.17, 15) is 5.11 Å². The van der Waals surface area contributed by atoms with E-state index in [1.807, 2.05) is 0 Å². The lowest BCUT2D eigenvalue weighted by molar-refractivity contribution is 0.211. The molecule has 0 aliphatic carbocycles. The third-order valence-corrected chi connectivity index (χ3v) is 3.92. The van der Waals surface area contributed by atoms with Crippen molar-refractivity contribution in [1.82, 2.24) is 0 Å². The summed E-state index contributed by atoms with van der Waals surface area (Å²) in [5, 5.41) is 13.1. The quantitative estimate of drug-likeness (QED) is 0.491. The summed E-state index contributed by atoms with van der Waals surface area (Å²) in [5.41, 5.74) is 0.505. The fourth-order valence-electron chi connectivity index (χ4n) is 0.984. The molecule has 16 heavy (non-hydrogen) atoms. The van der Waals surface area contributed by atoms with E-state index >= 15 is 0 Å². The van der Waals surface area contributed by atoms with E-state index in [4.69, 9.17) is 58.0 Å². The molecule has 7 heteroatoms. The van der Waals surface area contributed by atoms with E-state index < -0.39 is 6.10 Å². The molecule has 0 radical (unpaired) electrons. The first-order chi connectivity index (χ1) is 7.47. The molecule has 0 bridgehead atoms. The van der Waals surface area contributed by atoms with Crippen LogP contribution in [0.25, 0.3) is 0 Å². The molecule has 0 aliphatic heterocycles. The fourth-order valence-corrected chi connectivity index (χ4v) is 1.96. The Kier molecular flexibility index (Phi) is 5.78. The molecule has 1 rings (SSSR count). The van der Waals surface area contributed by atoms with Gasteiger partial charge in [-0.1, -0.05) is 46.4 Å². The summed E-state index contributed by atoms with van der Waals surface area (Å²) in [4.78, 5) is 0. The van der Waals surface area contributed by atoms with Crippen LogP contribution in [0.1, 0.15) is 0 Å². The van der Waals surface area contributed by atoms with Gasteiger partial charge in [0.15, 0.2) is 0 Å². The number of hydrogen-bond acceptors (Lipinski definition) is 2. The summed E-state index contributed by atoms with van der Waals surface area (Å²) < 4.78 is 0. The number of hydrogen-bond donors (Lipinski definition) is 2. The highest BCUT2D eigenvalue weighted by Gasteiger charge is 2.13. The van der Waals surface area contributed by atoms with Gasteiger partial charge in [0.1, 0.15) is 0 Å². The zero-order valence-electron chi connectivity index (χ0n) is 7.91. The van der Waals surface area contributed by atoms with Crippen molar-refractivity contribution in [2.45, 2.75) is 6.10 Å². The van der Waals surface area contributed by atoms with E-state index in [2.05, 4.69) is 5.32 Å². The molecule has 0 heterocycles. The lowest BCUT2D eigenvalue weighted by Crippen LogP contribution is -2.20. The molecule has 1 aromatic carbocycles. The Morgan fingerprint density at radius 1 is 1.12 bits per heavy atom. The van der Waals surface area contributed by atoms with Crippen LogP contribution < -0.4 is 5.32 Å². The molecule has 0 spiro atoms. The molecule has 0 aromatic heterocycles. The van der Waals surface area contributed by atoms with Crippen LogP contribution in [0, 0.1) is 0 Å². The molecular formula is C9H8Cl5NO. The summed E-state index contributed by atoms with van der Waals surface area (Å²) >= 11 is 28.9. The summed E-state index contributed by atoms with van der Waals surface area (Å²) in [6, 6.07) is 1.54. The first-order valence-electron chi connectivity index (χ1n) is 4.28. The number of alkyl halides is 1. The van der Waals surface area contributed by atoms with Crippen LogP contribution >= 0.6 is 58.0 Å². The number of halogens is 5. The highest BCUT2D eigenvalue weighted by molar-refractivity contribution is 6.52. The van der Waals surface area contributed by atoms with Gasteiger partial charge in [-0.05, 0) is 6.07 Å². The van der Waals surface area contributed by atoms with E-state index in [0.717, 1.165) is 0 Å². The van der Waals surface area contributed by atoms with Gasteiger partial charge in [-0.3, -0.25) is 0 Å². The zero-order valence-corrected chi connectivity index (χ0v) is 11.7. The Morgan fingerprint density at radius 2 is 1.75 bits per heavy atom. The van der Waals surface area contributed by atoms with E-state index in [1.165, 1.54) is 0 Å². The van der Waals surface area contributed by atoms with Crippen LogP contribution in [-0.4, -0.2) is 23.6 Å². The summed E-state index contributed by atoms with van der Waals surface area (Å²) in [7, 11) is 0. The summed E-state index contributed by atoms with van der Waals surface area (Å²) in [5.74, 6) is 0.125. The van der Waals surface area contributed by atoms with Crippen molar-refractivity contribution in [3.05, 3.63) is 26.2 Å². The molecule has 1 atom stereocenters. The minimum absolute atomic E-state index is 0.125. The van der Waals surface area contributed by atoms with Crippen molar-refractivity contribution in [3.8, 4) is 0 Å². The topological polar surface area (TPSA) is 32.3 Å². The van der Waals surface area contributed by atoms with Gasteiger partial charge in [0.05, 0.1) is 37.8 Å². The molecule has 0 fully saturated rings. The first kappa shape index (κ1) is 14.5. The van der Waals surface area contributed by atoms with E-state index in [1.54, 1.807) is 6.07 Å². The predicted molar refractivity (Wildman–Crippen MR) is 71.7 cm³/mol. The van der Waals surface area contributed by atoms with Gasteiger partial charge < -0.3 is 10.4 Å². The lowest BCUT2D eigenvalue weighted by atomic mass is 10.3.